The molecule has 0 bridgehead atoms. The van der Waals surface area contributed by atoms with Crippen LogP contribution in [0.25, 0.3) is 0 Å². The Morgan fingerprint density at radius 1 is 0.812 bits per heavy atom. The molecule has 3 unspecified atom stereocenters. The van der Waals surface area contributed by atoms with Crippen molar-refractivity contribution in [3.63, 3.8) is 0 Å². The van der Waals surface area contributed by atoms with E-state index in [1.165, 1.54) is 0 Å². The van der Waals surface area contributed by atoms with Crippen LogP contribution >= 0.6 is 0 Å². The Morgan fingerprint density at radius 3 is 1.81 bits per heavy atom. The van der Waals surface area contributed by atoms with Crippen LogP contribution in [0.3, 0.4) is 0 Å². The Kier molecular flexibility index (Phi) is 9.86. The predicted molar refractivity (Wildman–Crippen MR) is 60.4 cm³/mol. The standard InChI is InChI=1S/C11H24O5/c1-9(12)6-14-4-5-15-8-11(3)16-7-10(2)13/h9-13H,4-8H2,1-3H3. The molecule has 0 amide bonds. The number of aliphatic hydroxyl groups excluding tert-OH is 2. The van der Waals surface area contributed by atoms with Crippen molar-refractivity contribution in [3.8, 4) is 0 Å². The summed E-state index contributed by atoms with van der Waals surface area (Å²) < 4.78 is 15.7. The molecule has 0 aliphatic rings. The molecule has 0 rings (SSSR count). The van der Waals surface area contributed by atoms with E-state index in [2.05, 4.69) is 0 Å². The fourth-order valence-electron chi connectivity index (χ4n) is 0.973. The summed E-state index contributed by atoms with van der Waals surface area (Å²) >= 11 is 0. The van der Waals surface area contributed by atoms with Crippen molar-refractivity contribution >= 4 is 0 Å². The van der Waals surface area contributed by atoms with Crippen molar-refractivity contribution in [2.45, 2.75) is 39.1 Å². The van der Waals surface area contributed by atoms with Crippen molar-refractivity contribution in [1.82, 2.24) is 0 Å². The van der Waals surface area contributed by atoms with E-state index in [-0.39, 0.29) is 6.10 Å². The average Bonchev–Trinajstić information content (AvgIpc) is 2.19. The van der Waals surface area contributed by atoms with Gasteiger partial charge in [-0.15, -0.1) is 0 Å². The van der Waals surface area contributed by atoms with Crippen molar-refractivity contribution in [3.05, 3.63) is 0 Å². The van der Waals surface area contributed by atoms with Gasteiger partial charge in [0.1, 0.15) is 0 Å². The van der Waals surface area contributed by atoms with Crippen LogP contribution < -0.4 is 0 Å². The van der Waals surface area contributed by atoms with Crippen LogP contribution in [0.1, 0.15) is 20.8 Å². The molecule has 5 nitrogen and oxygen atoms in total. The van der Waals surface area contributed by atoms with E-state index in [0.29, 0.717) is 33.0 Å². The van der Waals surface area contributed by atoms with Crippen LogP contribution in [-0.4, -0.2) is 61.6 Å². The number of hydrogen-bond acceptors (Lipinski definition) is 5. The van der Waals surface area contributed by atoms with Crippen LogP contribution in [0, 0.1) is 0 Å². The molecule has 3 atom stereocenters. The second-order valence-corrected chi connectivity index (χ2v) is 3.99. The third-order valence-corrected chi connectivity index (χ3v) is 1.71. The maximum absolute atomic E-state index is 8.99. The van der Waals surface area contributed by atoms with Gasteiger partial charge in [-0.25, -0.2) is 0 Å². The molecule has 0 radical (unpaired) electrons. The summed E-state index contributed by atoms with van der Waals surface area (Å²) in [5.74, 6) is 0. The Bertz CT molecular complexity index is 149. The number of ether oxygens (including phenoxy) is 3. The highest BCUT2D eigenvalue weighted by Gasteiger charge is 2.04. The molecule has 0 saturated carbocycles. The number of aliphatic hydroxyl groups is 2. The highest BCUT2D eigenvalue weighted by atomic mass is 16.6. The second-order valence-electron chi connectivity index (χ2n) is 3.99. The van der Waals surface area contributed by atoms with Crippen LogP contribution in [0.5, 0.6) is 0 Å². The fraction of sp³-hybridized carbons (Fsp3) is 1.00. The molecular weight excluding hydrogens is 212 g/mol. The number of hydrogen-bond donors (Lipinski definition) is 2. The van der Waals surface area contributed by atoms with Crippen molar-refractivity contribution in [2.24, 2.45) is 0 Å². The third-order valence-electron chi connectivity index (χ3n) is 1.71. The molecule has 0 aliphatic carbocycles. The zero-order chi connectivity index (χ0) is 12.4. The van der Waals surface area contributed by atoms with Gasteiger partial charge in [0.25, 0.3) is 0 Å². The molecular formula is C11H24O5. The van der Waals surface area contributed by atoms with Crippen LogP contribution in [0.15, 0.2) is 0 Å². The largest absolute Gasteiger partial charge is 0.391 e. The van der Waals surface area contributed by atoms with E-state index in [9.17, 15) is 0 Å². The van der Waals surface area contributed by atoms with E-state index in [0.717, 1.165) is 0 Å². The van der Waals surface area contributed by atoms with Gasteiger partial charge >= 0.3 is 0 Å². The first-order chi connectivity index (χ1) is 7.52. The summed E-state index contributed by atoms with van der Waals surface area (Å²) in [4.78, 5) is 0. The summed E-state index contributed by atoms with van der Waals surface area (Å²) in [5.41, 5.74) is 0. The minimum atomic E-state index is -0.447. The van der Waals surface area contributed by atoms with Gasteiger partial charge in [0.05, 0.1) is 51.3 Å². The second kappa shape index (κ2) is 9.99. The lowest BCUT2D eigenvalue weighted by molar-refractivity contribution is -0.0497. The van der Waals surface area contributed by atoms with E-state index in [1.54, 1.807) is 13.8 Å². The van der Waals surface area contributed by atoms with Crippen molar-refractivity contribution in [2.75, 3.05) is 33.0 Å². The first kappa shape index (κ1) is 15.8. The van der Waals surface area contributed by atoms with E-state index in [1.807, 2.05) is 6.92 Å². The molecule has 2 N–H and O–H groups in total. The van der Waals surface area contributed by atoms with Gasteiger partial charge in [-0.3, -0.25) is 0 Å². The summed E-state index contributed by atoms with van der Waals surface area (Å²) in [6.45, 7) is 7.32. The summed E-state index contributed by atoms with van der Waals surface area (Å²) in [6, 6.07) is 0. The molecule has 0 saturated heterocycles. The minimum Gasteiger partial charge on any atom is -0.391 e. The average molecular weight is 236 g/mol. The zero-order valence-electron chi connectivity index (χ0n) is 10.4. The smallest absolute Gasteiger partial charge is 0.0781 e. The highest BCUT2D eigenvalue weighted by molar-refractivity contribution is 4.50. The molecule has 0 aromatic carbocycles. The lowest BCUT2D eigenvalue weighted by Crippen LogP contribution is -2.22. The highest BCUT2D eigenvalue weighted by Crippen LogP contribution is 1.94. The lowest BCUT2D eigenvalue weighted by Gasteiger charge is -2.14. The van der Waals surface area contributed by atoms with Crippen LogP contribution in [-0.2, 0) is 14.2 Å². The molecule has 0 spiro atoms. The molecule has 16 heavy (non-hydrogen) atoms. The van der Waals surface area contributed by atoms with Gasteiger partial charge in [0.15, 0.2) is 0 Å². The van der Waals surface area contributed by atoms with Gasteiger partial charge in [0.2, 0.25) is 0 Å². The maximum atomic E-state index is 8.99. The number of rotatable bonds is 10. The zero-order valence-corrected chi connectivity index (χ0v) is 10.4. The van der Waals surface area contributed by atoms with Crippen LogP contribution in [0.2, 0.25) is 0 Å². The first-order valence-corrected chi connectivity index (χ1v) is 5.65. The first-order valence-electron chi connectivity index (χ1n) is 5.65. The Labute approximate surface area is 97.3 Å². The third kappa shape index (κ3) is 11.9. The van der Waals surface area contributed by atoms with Gasteiger partial charge in [-0.2, -0.15) is 0 Å². The molecule has 98 valence electrons. The van der Waals surface area contributed by atoms with Crippen LogP contribution in [0.4, 0.5) is 0 Å². The van der Waals surface area contributed by atoms with Gasteiger partial charge < -0.3 is 24.4 Å². The Balaban J connectivity index is 3.18. The minimum absolute atomic E-state index is 0.0358. The monoisotopic (exact) mass is 236 g/mol. The van der Waals surface area contributed by atoms with E-state index >= 15 is 0 Å². The normalized spacial score (nSPS) is 17.1. The Morgan fingerprint density at radius 2 is 1.31 bits per heavy atom. The molecule has 0 heterocycles. The topological polar surface area (TPSA) is 68.2 Å². The molecule has 0 aliphatic heterocycles. The lowest BCUT2D eigenvalue weighted by atomic mass is 10.4. The molecule has 0 aromatic heterocycles. The fourth-order valence-corrected chi connectivity index (χ4v) is 0.973. The Hall–Kier alpha value is -0.200. The summed E-state index contributed by atoms with van der Waals surface area (Å²) in [6.07, 6.45) is -0.920. The molecule has 0 aromatic rings. The van der Waals surface area contributed by atoms with Crippen molar-refractivity contribution < 1.29 is 24.4 Å². The predicted octanol–water partition coefficient (Wildman–Crippen LogP) is 0.186. The summed E-state index contributed by atoms with van der Waals surface area (Å²) in [7, 11) is 0. The molecule has 0 fully saturated rings. The van der Waals surface area contributed by atoms with Gasteiger partial charge in [-0.1, -0.05) is 0 Å². The van der Waals surface area contributed by atoms with Crippen molar-refractivity contribution in [1.29, 1.82) is 0 Å². The SMILES string of the molecule is CC(O)COCCOCC(C)OCC(C)O. The maximum Gasteiger partial charge on any atom is 0.0781 e. The molecule has 5 heteroatoms. The quantitative estimate of drug-likeness (QED) is 0.530. The van der Waals surface area contributed by atoms with Gasteiger partial charge in [-0.05, 0) is 20.8 Å². The van der Waals surface area contributed by atoms with E-state index < -0.39 is 12.2 Å². The van der Waals surface area contributed by atoms with E-state index in [4.69, 9.17) is 24.4 Å². The van der Waals surface area contributed by atoms with Gasteiger partial charge in [0, 0.05) is 0 Å². The summed E-state index contributed by atoms with van der Waals surface area (Å²) in [5, 5.41) is 17.9.